The molecular weight excluding hydrogens is 379 g/mol. The normalized spacial score (nSPS) is 18.2. The number of imidazole rings is 1. The Bertz CT molecular complexity index is 880. The molecule has 25 heavy (non-hydrogen) atoms. The van der Waals surface area contributed by atoms with Crippen LogP contribution < -0.4 is 4.72 Å². The van der Waals surface area contributed by atoms with Crippen molar-refractivity contribution in [2.45, 2.75) is 30.5 Å². The number of nitrogens with zero attached hydrogens (tertiary/aromatic N) is 2. The fourth-order valence-electron chi connectivity index (χ4n) is 2.79. The first-order chi connectivity index (χ1) is 11.7. The minimum Gasteiger partial charge on any atom is -0.335 e. The zero-order valence-electron chi connectivity index (χ0n) is 12.9. The molecule has 0 unspecified atom stereocenters. The number of halogens is 4. The fourth-order valence-corrected chi connectivity index (χ4v) is 4.43. The van der Waals surface area contributed by atoms with Gasteiger partial charge < -0.3 is 4.57 Å². The summed E-state index contributed by atoms with van der Waals surface area (Å²) in [6.45, 7) is 0.723. The average molecular weight is 394 g/mol. The van der Waals surface area contributed by atoms with Crippen molar-refractivity contribution in [1.29, 1.82) is 0 Å². The summed E-state index contributed by atoms with van der Waals surface area (Å²) in [6.07, 6.45) is 0.333. The molecule has 1 aromatic heterocycles. The summed E-state index contributed by atoms with van der Waals surface area (Å²) in [4.78, 5) is 3.63. The van der Waals surface area contributed by atoms with E-state index in [1.807, 2.05) is 10.8 Å². The van der Waals surface area contributed by atoms with Crippen LogP contribution >= 0.6 is 11.6 Å². The maximum absolute atomic E-state index is 12.8. The van der Waals surface area contributed by atoms with Gasteiger partial charge in [-0.3, -0.25) is 0 Å². The lowest BCUT2D eigenvalue weighted by atomic mass is 10.00. The minimum atomic E-state index is -4.64. The van der Waals surface area contributed by atoms with Crippen molar-refractivity contribution < 1.29 is 21.6 Å². The Morgan fingerprint density at radius 2 is 2.12 bits per heavy atom. The predicted molar refractivity (Wildman–Crippen MR) is 85.7 cm³/mol. The number of hydrogen-bond acceptors (Lipinski definition) is 3. The maximum Gasteiger partial charge on any atom is 0.416 e. The third-order valence-electron chi connectivity index (χ3n) is 4.14. The number of rotatable bonds is 4. The topological polar surface area (TPSA) is 64.0 Å². The van der Waals surface area contributed by atoms with Crippen molar-refractivity contribution in [3.05, 3.63) is 47.0 Å². The lowest BCUT2D eigenvalue weighted by Gasteiger charge is -2.24. The van der Waals surface area contributed by atoms with Crippen molar-refractivity contribution >= 4 is 21.6 Å². The first-order valence-corrected chi connectivity index (χ1v) is 9.39. The molecule has 10 heteroatoms. The number of sulfonamides is 1. The van der Waals surface area contributed by atoms with Crippen molar-refractivity contribution in [3.8, 4) is 0 Å². The Morgan fingerprint density at radius 1 is 1.36 bits per heavy atom. The van der Waals surface area contributed by atoms with Gasteiger partial charge in [0.05, 0.1) is 10.6 Å². The van der Waals surface area contributed by atoms with Gasteiger partial charge in [-0.1, -0.05) is 11.6 Å². The third kappa shape index (κ3) is 3.99. The molecule has 1 aliphatic heterocycles. The van der Waals surface area contributed by atoms with Gasteiger partial charge in [0.25, 0.3) is 0 Å². The molecule has 1 aliphatic rings. The van der Waals surface area contributed by atoms with E-state index in [9.17, 15) is 21.6 Å². The molecule has 0 spiro atoms. The maximum atomic E-state index is 12.8. The van der Waals surface area contributed by atoms with Crippen molar-refractivity contribution in [2.75, 3.05) is 6.54 Å². The minimum absolute atomic E-state index is 0.0287. The molecule has 0 amide bonds. The van der Waals surface area contributed by atoms with E-state index in [1.54, 1.807) is 6.20 Å². The van der Waals surface area contributed by atoms with Crippen LogP contribution in [0.25, 0.3) is 0 Å². The van der Waals surface area contributed by atoms with Crippen LogP contribution in [0.1, 0.15) is 17.8 Å². The van der Waals surface area contributed by atoms with Crippen molar-refractivity contribution in [1.82, 2.24) is 14.3 Å². The van der Waals surface area contributed by atoms with Gasteiger partial charge in [0, 0.05) is 31.9 Å². The number of aryl methyl sites for hydroxylation is 1. The van der Waals surface area contributed by atoms with Crippen molar-refractivity contribution in [3.63, 3.8) is 0 Å². The molecule has 1 N–H and O–H groups in total. The average Bonchev–Trinajstić information content (AvgIpc) is 2.99. The molecule has 0 fully saturated rings. The van der Waals surface area contributed by atoms with Crippen LogP contribution in [0.3, 0.4) is 0 Å². The standard InChI is InChI=1S/C15H15ClF3N3O2S/c16-12-3-2-11(15(17,18)19)7-13(12)25(23,24)21-8-10-1-4-14-20-5-6-22(14)9-10/h2-3,5-7,10,21H,1,4,8-9H2/t10-/m1/s1. The molecular formula is C15H15ClF3N3O2S. The Balaban J connectivity index is 1.74. The van der Waals surface area contributed by atoms with E-state index < -0.39 is 26.7 Å². The molecule has 3 rings (SSSR count). The molecule has 0 saturated carbocycles. The highest BCUT2D eigenvalue weighted by atomic mass is 35.5. The molecule has 1 atom stereocenters. The van der Waals surface area contributed by atoms with E-state index in [0.29, 0.717) is 12.6 Å². The largest absolute Gasteiger partial charge is 0.416 e. The summed E-state index contributed by atoms with van der Waals surface area (Å²) in [5, 5.41) is -0.249. The molecule has 136 valence electrons. The number of hydrogen-bond donors (Lipinski definition) is 1. The summed E-state index contributed by atoms with van der Waals surface area (Å²) in [7, 11) is -4.14. The predicted octanol–water partition coefficient (Wildman–Crippen LogP) is 3.10. The van der Waals surface area contributed by atoms with Crippen LogP contribution in [0, 0.1) is 5.92 Å². The summed E-state index contributed by atoms with van der Waals surface area (Å²) in [5.41, 5.74) is -1.06. The molecule has 2 aromatic rings. The lowest BCUT2D eigenvalue weighted by Crippen LogP contribution is -2.34. The molecule has 0 saturated heterocycles. The Labute approximate surface area is 147 Å². The van der Waals surface area contributed by atoms with Gasteiger partial charge in [-0.25, -0.2) is 18.1 Å². The lowest BCUT2D eigenvalue weighted by molar-refractivity contribution is -0.137. The summed E-state index contributed by atoms with van der Waals surface area (Å²) < 4.78 is 67.5. The Hall–Kier alpha value is -1.58. The quantitative estimate of drug-likeness (QED) is 0.868. The third-order valence-corrected chi connectivity index (χ3v) is 6.05. The van der Waals surface area contributed by atoms with Crippen LogP contribution in [0.15, 0.2) is 35.5 Å². The Morgan fingerprint density at radius 3 is 2.84 bits per heavy atom. The van der Waals surface area contributed by atoms with Gasteiger partial charge in [-0.05, 0) is 30.5 Å². The van der Waals surface area contributed by atoms with Gasteiger partial charge in [0.15, 0.2) is 0 Å². The first-order valence-electron chi connectivity index (χ1n) is 7.53. The van der Waals surface area contributed by atoms with Crippen LogP contribution in [-0.2, 0) is 29.2 Å². The fraction of sp³-hybridized carbons (Fsp3) is 0.400. The van der Waals surface area contributed by atoms with Crippen LogP contribution in [0.5, 0.6) is 0 Å². The van der Waals surface area contributed by atoms with Gasteiger partial charge >= 0.3 is 6.18 Å². The van der Waals surface area contributed by atoms with E-state index >= 15 is 0 Å². The summed E-state index contributed by atoms with van der Waals surface area (Å²) in [5.74, 6) is 0.973. The van der Waals surface area contributed by atoms with E-state index in [1.165, 1.54) is 0 Å². The molecule has 1 aromatic carbocycles. The van der Waals surface area contributed by atoms with Gasteiger partial charge in [-0.2, -0.15) is 13.2 Å². The second-order valence-electron chi connectivity index (χ2n) is 5.90. The highest BCUT2D eigenvalue weighted by molar-refractivity contribution is 7.89. The Kier molecular flexibility index (Phi) is 4.82. The molecule has 5 nitrogen and oxygen atoms in total. The van der Waals surface area contributed by atoms with E-state index in [2.05, 4.69) is 9.71 Å². The molecule has 0 aliphatic carbocycles. The van der Waals surface area contributed by atoms with Crippen molar-refractivity contribution in [2.24, 2.45) is 5.92 Å². The number of nitrogens with one attached hydrogen (secondary N) is 1. The van der Waals surface area contributed by atoms with E-state index in [4.69, 9.17) is 11.6 Å². The molecule has 0 radical (unpaired) electrons. The summed E-state index contributed by atoms with van der Waals surface area (Å²) in [6, 6.07) is 2.25. The van der Waals surface area contributed by atoms with Crippen LogP contribution in [0.4, 0.5) is 13.2 Å². The van der Waals surface area contributed by atoms with Gasteiger partial charge in [-0.15, -0.1) is 0 Å². The highest BCUT2D eigenvalue weighted by Gasteiger charge is 2.33. The molecule has 2 heterocycles. The zero-order chi connectivity index (χ0) is 18.2. The zero-order valence-corrected chi connectivity index (χ0v) is 14.5. The van der Waals surface area contributed by atoms with Gasteiger partial charge in [0.1, 0.15) is 10.7 Å². The number of fused-ring (bicyclic) bond motifs is 1. The van der Waals surface area contributed by atoms with Crippen LogP contribution in [0.2, 0.25) is 5.02 Å². The van der Waals surface area contributed by atoms with E-state index in [-0.39, 0.29) is 17.5 Å². The highest BCUT2D eigenvalue weighted by Crippen LogP contribution is 2.33. The second kappa shape index (κ2) is 6.62. The number of alkyl halides is 3. The second-order valence-corrected chi connectivity index (χ2v) is 8.04. The van der Waals surface area contributed by atoms with E-state index in [0.717, 1.165) is 30.8 Å². The molecule has 0 bridgehead atoms. The summed E-state index contributed by atoms with van der Waals surface area (Å²) >= 11 is 5.81. The van der Waals surface area contributed by atoms with Crippen LogP contribution in [-0.4, -0.2) is 24.5 Å². The number of benzene rings is 1. The number of aromatic nitrogens is 2. The van der Waals surface area contributed by atoms with Gasteiger partial charge in [0.2, 0.25) is 10.0 Å². The monoisotopic (exact) mass is 393 g/mol. The smallest absolute Gasteiger partial charge is 0.335 e. The SMILES string of the molecule is O=S(=O)(NC[C@H]1CCc2nccn2C1)c1cc(C(F)(F)F)ccc1Cl. The first kappa shape index (κ1) is 18.2.